The minimum absolute atomic E-state index is 0.0123. The number of benzene rings is 2. The van der Waals surface area contributed by atoms with Crippen LogP contribution in [0.25, 0.3) is 6.08 Å². The number of phenols is 1. The molecule has 33 heavy (non-hydrogen) atoms. The smallest absolute Gasteiger partial charge is 0.315 e. The van der Waals surface area contributed by atoms with Crippen LogP contribution in [0.2, 0.25) is 0 Å². The average molecular weight is 471 g/mol. The van der Waals surface area contributed by atoms with Gasteiger partial charge < -0.3 is 15.2 Å². The molecule has 3 amide bonds. The van der Waals surface area contributed by atoms with Crippen LogP contribution in [-0.2, 0) is 9.59 Å². The summed E-state index contributed by atoms with van der Waals surface area (Å²) in [5.74, 6) is -1.99. The van der Waals surface area contributed by atoms with Crippen molar-refractivity contribution in [1.29, 1.82) is 0 Å². The number of nitrogens with one attached hydrogen (secondary N) is 1. The number of phenolic OH excluding ortho intramolecular Hbond substituents is 1. The number of amides is 3. The van der Waals surface area contributed by atoms with Gasteiger partial charge in [0.25, 0.3) is 11.1 Å². The number of hydrogen-bond donors (Lipinski definition) is 2. The highest BCUT2D eigenvalue weighted by atomic mass is 32.2. The van der Waals surface area contributed by atoms with Crippen molar-refractivity contribution in [3.63, 3.8) is 0 Å². The van der Waals surface area contributed by atoms with Crippen molar-refractivity contribution in [2.75, 3.05) is 18.5 Å². The van der Waals surface area contributed by atoms with Gasteiger partial charge in [-0.15, -0.1) is 0 Å². The molecule has 0 unspecified atom stereocenters. The SMILES string of the molecule is CCOc1cc(/C=C2\SC(=O)N(CC(=O)Nc3ccc(C)cc3C)C2=O)cc([N+](=O)[O-])c1O. The van der Waals surface area contributed by atoms with Gasteiger partial charge >= 0.3 is 5.69 Å². The maximum atomic E-state index is 12.7. The van der Waals surface area contributed by atoms with Gasteiger partial charge in [-0.1, -0.05) is 17.7 Å². The molecule has 11 heteroatoms. The molecule has 1 saturated heterocycles. The van der Waals surface area contributed by atoms with Gasteiger partial charge in [0, 0.05) is 11.8 Å². The Kier molecular flexibility index (Phi) is 7.02. The van der Waals surface area contributed by atoms with Crippen molar-refractivity contribution >= 4 is 46.3 Å². The van der Waals surface area contributed by atoms with E-state index in [9.17, 15) is 29.6 Å². The van der Waals surface area contributed by atoms with Crippen LogP contribution < -0.4 is 10.1 Å². The summed E-state index contributed by atoms with van der Waals surface area (Å²) in [4.78, 5) is 48.8. The molecule has 1 fully saturated rings. The number of rotatable bonds is 7. The summed E-state index contributed by atoms with van der Waals surface area (Å²) in [6.45, 7) is 5.08. The molecule has 2 N–H and O–H groups in total. The number of nitro benzene ring substituents is 1. The number of nitrogens with zero attached hydrogens (tertiary/aromatic N) is 2. The summed E-state index contributed by atoms with van der Waals surface area (Å²) in [6.07, 6.45) is 1.28. The van der Waals surface area contributed by atoms with E-state index >= 15 is 0 Å². The topological polar surface area (TPSA) is 139 Å². The molecule has 172 valence electrons. The normalized spacial score (nSPS) is 14.6. The fraction of sp³-hybridized carbons (Fsp3) is 0.227. The summed E-state index contributed by atoms with van der Waals surface area (Å²) < 4.78 is 5.22. The number of thioether (sulfide) groups is 1. The van der Waals surface area contributed by atoms with Gasteiger partial charge in [0.1, 0.15) is 6.54 Å². The van der Waals surface area contributed by atoms with E-state index in [1.165, 1.54) is 12.1 Å². The summed E-state index contributed by atoms with van der Waals surface area (Å²) in [5.41, 5.74) is 2.04. The zero-order valence-corrected chi connectivity index (χ0v) is 18.9. The van der Waals surface area contributed by atoms with Crippen LogP contribution in [0.5, 0.6) is 11.5 Å². The van der Waals surface area contributed by atoms with E-state index < -0.39 is 40.0 Å². The summed E-state index contributed by atoms with van der Waals surface area (Å²) in [7, 11) is 0. The van der Waals surface area contributed by atoms with Gasteiger partial charge in [-0.25, -0.2) is 0 Å². The second kappa shape index (κ2) is 9.74. The molecular weight excluding hydrogens is 450 g/mol. The molecule has 1 heterocycles. The van der Waals surface area contributed by atoms with E-state index in [1.54, 1.807) is 13.0 Å². The predicted octanol–water partition coefficient (Wildman–Crippen LogP) is 3.99. The van der Waals surface area contributed by atoms with Crippen LogP contribution in [0.3, 0.4) is 0 Å². The van der Waals surface area contributed by atoms with Crippen LogP contribution in [0, 0.1) is 24.0 Å². The number of hydrogen-bond acceptors (Lipinski definition) is 8. The molecular formula is C22H21N3O7S. The molecule has 0 aliphatic carbocycles. The van der Waals surface area contributed by atoms with Crippen molar-refractivity contribution in [2.24, 2.45) is 0 Å². The molecule has 0 atom stereocenters. The van der Waals surface area contributed by atoms with Gasteiger partial charge in [0.05, 0.1) is 16.4 Å². The monoisotopic (exact) mass is 471 g/mol. The van der Waals surface area contributed by atoms with Crippen LogP contribution in [0.15, 0.2) is 35.2 Å². The highest BCUT2D eigenvalue weighted by Gasteiger charge is 2.36. The Morgan fingerprint density at radius 2 is 2.00 bits per heavy atom. The second-order valence-electron chi connectivity index (χ2n) is 7.21. The lowest BCUT2D eigenvalue weighted by atomic mass is 10.1. The number of aryl methyl sites for hydroxylation is 2. The molecule has 10 nitrogen and oxygen atoms in total. The second-order valence-corrected chi connectivity index (χ2v) is 8.20. The van der Waals surface area contributed by atoms with Gasteiger partial charge in [0.15, 0.2) is 5.75 Å². The van der Waals surface area contributed by atoms with Crippen LogP contribution in [0.1, 0.15) is 23.6 Å². The van der Waals surface area contributed by atoms with Gasteiger partial charge in [-0.3, -0.25) is 29.4 Å². The van der Waals surface area contributed by atoms with E-state index in [0.717, 1.165) is 22.1 Å². The molecule has 2 aromatic carbocycles. The van der Waals surface area contributed by atoms with Crippen LogP contribution in [0.4, 0.5) is 16.2 Å². The maximum absolute atomic E-state index is 12.7. The molecule has 0 spiro atoms. The number of carbonyl (C=O) groups excluding carboxylic acids is 3. The highest BCUT2D eigenvalue weighted by molar-refractivity contribution is 8.18. The summed E-state index contributed by atoms with van der Waals surface area (Å²) in [6, 6.07) is 7.86. The van der Waals surface area contributed by atoms with Crippen molar-refractivity contribution < 1.29 is 29.2 Å². The number of ether oxygens (including phenoxy) is 1. The zero-order valence-electron chi connectivity index (χ0n) is 18.1. The molecule has 0 saturated carbocycles. The largest absolute Gasteiger partial charge is 0.500 e. The first-order valence-corrected chi connectivity index (χ1v) is 10.7. The Hall–Kier alpha value is -3.86. The Labute approximate surface area is 193 Å². The Morgan fingerprint density at radius 1 is 1.27 bits per heavy atom. The summed E-state index contributed by atoms with van der Waals surface area (Å²) >= 11 is 0.613. The highest BCUT2D eigenvalue weighted by Crippen LogP contribution is 2.39. The van der Waals surface area contributed by atoms with E-state index in [0.29, 0.717) is 17.4 Å². The number of imide groups is 1. The first-order valence-electron chi connectivity index (χ1n) is 9.87. The number of carbonyl (C=O) groups is 3. The quantitative estimate of drug-likeness (QED) is 0.351. The molecule has 0 bridgehead atoms. The standard InChI is InChI=1S/C22H21N3O7S/c1-4-32-17-9-14(8-16(20(17)27)25(30)31)10-18-21(28)24(22(29)33-18)11-19(26)23-15-6-5-12(2)7-13(15)3/h5-10,27H,4,11H2,1-3H3,(H,23,26)/b18-10-. The van der Waals surface area contributed by atoms with E-state index in [-0.39, 0.29) is 22.8 Å². The van der Waals surface area contributed by atoms with Crippen molar-refractivity contribution in [3.8, 4) is 11.5 Å². The molecule has 1 aliphatic heterocycles. The minimum Gasteiger partial charge on any atom is -0.500 e. The third kappa shape index (κ3) is 5.32. The van der Waals surface area contributed by atoms with E-state index in [4.69, 9.17) is 4.74 Å². The number of anilines is 1. The molecule has 0 aromatic heterocycles. The fourth-order valence-corrected chi connectivity index (χ4v) is 4.02. The Morgan fingerprint density at radius 3 is 2.64 bits per heavy atom. The van der Waals surface area contributed by atoms with Crippen molar-refractivity contribution in [1.82, 2.24) is 4.90 Å². The van der Waals surface area contributed by atoms with E-state index in [2.05, 4.69) is 5.32 Å². The van der Waals surface area contributed by atoms with Gasteiger partial charge in [-0.05, 0) is 61.9 Å². The minimum atomic E-state index is -0.779. The average Bonchev–Trinajstić information content (AvgIpc) is 2.99. The van der Waals surface area contributed by atoms with Crippen LogP contribution in [-0.4, -0.2) is 45.1 Å². The summed E-state index contributed by atoms with van der Waals surface area (Å²) in [5, 5.41) is 23.3. The van der Waals surface area contributed by atoms with Gasteiger partial charge in [-0.2, -0.15) is 0 Å². The van der Waals surface area contributed by atoms with Crippen molar-refractivity contribution in [3.05, 3.63) is 62.0 Å². The first-order chi connectivity index (χ1) is 15.6. The zero-order chi connectivity index (χ0) is 24.3. The molecule has 2 aromatic rings. The number of aromatic hydroxyl groups is 1. The lowest BCUT2D eigenvalue weighted by molar-refractivity contribution is -0.386. The lowest BCUT2D eigenvalue weighted by Crippen LogP contribution is -2.36. The molecule has 0 radical (unpaired) electrons. The first kappa shape index (κ1) is 23.8. The van der Waals surface area contributed by atoms with Crippen molar-refractivity contribution in [2.45, 2.75) is 20.8 Å². The van der Waals surface area contributed by atoms with Crippen LogP contribution >= 0.6 is 11.8 Å². The third-order valence-electron chi connectivity index (χ3n) is 4.70. The molecule has 3 rings (SSSR count). The van der Waals surface area contributed by atoms with Gasteiger partial charge in [0.2, 0.25) is 11.7 Å². The lowest BCUT2D eigenvalue weighted by Gasteiger charge is -2.14. The maximum Gasteiger partial charge on any atom is 0.315 e. The Bertz CT molecular complexity index is 1190. The fourth-order valence-electron chi connectivity index (χ4n) is 3.18. The number of nitro groups is 1. The predicted molar refractivity (Wildman–Crippen MR) is 123 cm³/mol. The third-order valence-corrected chi connectivity index (χ3v) is 5.61. The molecule has 1 aliphatic rings. The Balaban J connectivity index is 1.81. The van der Waals surface area contributed by atoms with E-state index in [1.807, 2.05) is 26.0 Å².